The van der Waals surface area contributed by atoms with Crippen molar-refractivity contribution in [2.45, 2.75) is 19.8 Å². The van der Waals surface area contributed by atoms with Crippen molar-refractivity contribution in [1.82, 2.24) is 9.97 Å². The number of nitrogens with one attached hydrogen (secondary N) is 1. The van der Waals surface area contributed by atoms with Crippen LogP contribution in [0, 0.1) is 0 Å². The summed E-state index contributed by atoms with van der Waals surface area (Å²) in [4.78, 5) is 10.4. The standard InChI is InChI=1S/C11H15ClN4O2S2/c1-2-7-6-8-9(14-4-3-5-20(13,17)18)15-11(12)16-10(8)19-7/h6H,2-5H2,1H3,(H2,13,17,18)(H,14,15,16). The van der Waals surface area contributed by atoms with Crippen molar-refractivity contribution < 1.29 is 8.42 Å². The van der Waals surface area contributed by atoms with Crippen molar-refractivity contribution in [1.29, 1.82) is 0 Å². The van der Waals surface area contributed by atoms with Gasteiger partial charge < -0.3 is 5.32 Å². The van der Waals surface area contributed by atoms with Gasteiger partial charge in [0.1, 0.15) is 10.6 Å². The van der Waals surface area contributed by atoms with Crippen LogP contribution in [0.25, 0.3) is 10.2 Å². The highest BCUT2D eigenvalue weighted by Gasteiger charge is 2.10. The second-order valence-corrected chi connectivity index (χ2v) is 7.46. The maximum atomic E-state index is 10.9. The highest BCUT2D eigenvalue weighted by Crippen LogP contribution is 2.30. The highest BCUT2D eigenvalue weighted by molar-refractivity contribution is 7.89. The fourth-order valence-electron chi connectivity index (χ4n) is 1.73. The zero-order valence-electron chi connectivity index (χ0n) is 10.9. The predicted molar refractivity (Wildman–Crippen MR) is 82.9 cm³/mol. The smallest absolute Gasteiger partial charge is 0.225 e. The quantitative estimate of drug-likeness (QED) is 0.622. The van der Waals surface area contributed by atoms with Crippen molar-refractivity contribution >= 4 is 49.0 Å². The average molecular weight is 335 g/mol. The lowest BCUT2D eigenvalue weighted by atomic mass is 10.3. The Morgan fingerprint density at radius 3 is 2.85 bits per heavy atom. The summed E-state index contributed by atoms with van der Waals surface area (Å²) in [5, 5.41) is 9.13. The molecule has 0 aliphatic carbocycles. The molecule has 0 radical (unpaired) electrons. The van der Waals surface area contributed by atoms with Crippen LogP contribution in [0.1, 0.15) is 18.2 Å². The molecule has 0 bridgehead atoms. The van der Waals surface area contributed by atoms with Crippen LogP contribution in [0.2, 0.25) is 5.28 Å². The van der Waals surface area contributed by atoms with Crippen LogP contribution in [0.4, 0.5) is 5.82 Å². The van der Waals surface area contributed by atoms with Gasteiger partial charge in [0.05, 0.1) is 11.1 Å². The summed E-state index contributed by atoms with van der Waals surface area (Å²) in [6.07, 6.45) is 1.33. The minimum atomic E-state index is -3.43. The monoisotopic (exact) mass is 334 g/mol. The summed E-state index contributed by atoms with van der Waals surface area (Å²) >= 11 is 7.47. The normalized spacial score (nSPS) is 11.9. The third-order valence-corrected chi connectivity index (χ3v) is 4.86. The molecule has 20 heavy (non-hydrogen) atoms. The fraction of sp³-hybridized carbons (Fsp3) is 0.455. The number of fused-ring (bicyclic) bond motifs is 1. The third kappa shape index (κ3) is 4.02. The molecule has 0 fully saturated rings. The Morgan fingerprint density at radius 2 is 2.20 bits per heavy atom. The van der Waals surface area contributed by atoms with Gasteiger partial charge >= 0.3 is 0 Å². The highest BCUT2D eigenvalue weighted by atomic mass is 35.5. The van der Waals surface area contributed by atoms with Gasteiger partial charge in [-0.05, 0) is 30.5 Å². The van der Waals surface area contributed by atoms with Crippen LogP contribution in [0.5, 0.6) is 0 Å². The van der Waals surface area contributed by atoms with Gasteiger partial charge in [-0.25, -0.2) is 23.5 Å². The Kier molecular flexibility index (Phi) is 4.79. The minimum absolute atomic E-state index is 0.0637. The SMILES string of the molecule is CCc1cc2c(NCCCS(N)(=O)=O)nc(Cl)nc2s1. The number of nitrogens with zero attached hydrogens (tertiary/aromatic N) is 2. The molecule has 2 heterocycles. The summed E-state index contributed by atoms with van der Waals surface area (Å²) < 4.78 is 21.7. The van der Waals surface area contributed by atoms with Gasteiger partial charge in [0, 0.05) is 11.4 Å². The molecule has 0 saturated carbocycles. The van der Waals surface area contributed by atoms with E-state index in [1.54, 1.807) is 11.3 Å². The van der Waals surface area contributed by atoms with Crippen LogP contribution >= 0.6 is 22.9 Å². The molecule has 0 amide bonds. The molecule has 2 aromatic heterocycles. The molecule has 3 N–H and O–H groups in total. The third-order valence-electron chi connectivity index (χ3n) is 2.66. The van der Waals surface area contributed by atoms with Crippen LogP contribution in [0.3, 0.4) is 0 Å². The van der Waals surface area contributed by atoms with Crippen molar-refractivity contribution in [3.63, 3.8) is 0 Å². The molecule has 0 aliphatic rings. The molecule has 110 valence electrons. The predicted octanol–water partition coefficient (Wildman–Crippen LogP) is 2.00. The first-order chi connectivity index (χ1) is 9.39. The van der Waals surface area contributed by atoms with E-state index in [1.165, 1.54) is 4.88 Å². The number of anilines is 1. The lowest BCUT2D eigenvalue weighted by Crippen LogP contribution is -2.18. The number of nitrogens with two attached hydrogens (primary N) is 1. The van der Waals surface area contributed by atoms with Crippen LogP contribution in [-0.2, 0) is 16.4 Å². The van der Waals surface area contributed by atoms with E-state index in [0.29, 0.717) is 18.8 Å². The van der Waals surface area contributed by atoms with Gasteiger partial charge in [0.2, 0.25) is 15.3 Å². The number of thiophene rings is 1. The van der Waals surface area contributed by atoms with E-state index in [2.05, 4.69) is 22.2 Å². The Bertz CT molecular complexity index is 715. The summed E-state index contributed by atoms with van der Waals surface area (Å²) in [7, 11) is -3.43. The number of aromatic nitrogens is 2. The lowest BCUT2D eigenvalue weighted by molar-refractivity contribution is 0.596. The van der Waals surface area contributed by atoms with Crippen molar-refractivity contribution in [2.24, 2.45) is 5.14 Å². The summed E-state index contributed by atoms with van der Waals surface area (Å²) in [6, 6.07) is 2.03. The number of rotatable bonds is 6. The number of aryl methyl sites for hydroxylation is 1. The molecular formula is C11H15ClN4O2S2. The van der Waals surface area contributed by atoms with Crippen molar-refractivity contribution in [2.75, 3.05) is 17.6 Å². The molecule has 0 atom stereocenters. The molecular weight excluding hydrogens is 320 g/mol. The van der Waals surface area contributed by atoms with E-state index in [1.807, 2.05) is 6.07 Å². The molecule has 0 aliphatic heterocycles. The van der Waals surface area contributed by atoms with E-state index in [-0.39, 0.29) is 11.0 Å². The maximum absolute atomic E-state index is 10.9. The zero-order chi connectivity index (χ0) is 14.8. The summed E-state index contributed by atoms with van der Waals surface area (Å²) in [5.41, 5.74) is 0. The molecule has 0 aromatic carbocycles. The first-order valence-corrected chi connectivity index (χ1v) is 9.00. The van der Waals surface area contributed by atoms with Gasteiger partial charge in [0.25, 0.3) is 0 Å². The zero-order valence-corrected chi connectivity index (χ0v) is 13.3. The van der Waals surface area contributed by atoms with Crippen LogP contribution < -0.4 is 10.5 Å². The molecule has 0 unspecified atom stereocenters. The average Bonchev–Trinajstić information content (AvgIpc) is 2.76. The number of sulfonamides is 1. The largest absolute Gasteiger partial charge is 0.369 e. The summed E-state index contributed by atoms with van der Waals surface area (Å²) in [5.74, 6) is 0.566. The van der Waals surface area contributed by atoms with Gasteiger partial charge in [-0.1, -0.05) is 6.92 Å². The van der Waals surface area contributed by atoms with Crippen molar-refractivity contribution in [3.05, 3.63) is 16.2 Å². The van der Waals surface area contributed by atoms with Gasteiger partial charge in [-0.2, -0.15) is 0 Å². The summed E-state index contributed by atoms with van der Waals surface area (Å²) in [6.45, 7) is 2.52. The Hall–Kier alpha value is -0.960. The van der Waals surface area contributed by atoms with E-state index < -0.39 is 10.0 Å². The number of hydrogen-bond donors (Lipinski definition) is 2. The van der Waals surface area contributed by atoms with Gasteiger partial charge in [-0.3, -0.25) is 0 Å². The number of primary sulfonamides is 1. The van der Waals surface area contributed by atoms with E-state index >= 15 is 0 Å². The maximum Gasteiger partial charge on any atom is 0.225 e. The Morgan fingerprint density at radius 1 is 1.45 bits per heavy atom. The Balaban J connectivity index is 2.14. The first-order valence-electron chi connectivity index (χ1n) is 6.09. The number of hydrogen-bond acceptors (Lipinski definition) is 6. The molecule has 0 saturated heterocycles. The topological polar surface area (TPSA) is 98.0 Å². The van der Waals surface area contributed by atoms with E-state index in [9.17, 15) is 8.42 Å². The molecule has 2 rings (SSSR count). The number of halogens is 1. The van der Waals surface area contributed by atoms with E-state index in [0.717, 1.165) is 16.6 Å². The lowest BCUT2D eigenvalue weighted by Gasteiger charge is -2.06. The molecule has 0 spiro atoms. The molecule has 6 nitrogen and oxygen atoms in total. The first kappa shape index (κ1) is 15.4. The van der Waals surface area contributed by atoms with E-state index in [4.69, 9.17) is 16.7 Å². The van der Waals surface area contributed by atoms with Crippen LogP contribution in [0.15, 0.2) is 6.07 Å². The minimum Gasteiger partial charge on any atom is -0.369 e. The van der Waals surface area contributed by atoms with Gasteiger partial charge in [-0.15, -0.1) is 11.3 Å². The molecule has 2 aromatic rings. The van der Waals surface area contributed by atoms with Gasteiger partial charge in [0.15, 0.2) is 0 Å². The fourth-order valence-corrected chi connectivity index (χ4v) is 3.47. The van der Waals surface area contributed by atoms with Crippen LogP contribution in [-0.4, -0.2) is 30.7 Å². The molecule has 9 heteroatoms. The second-order valence-electron chi connectivity index (χ2n) is 4.27. The second kappa shape index (κ2) is 6.21. The Labute approximate surface area is 126 Å². The van der Waals surface area contributed by atoms with Crippen molar-refractivity contribution in [3.8, 4) is 0 Å².